The van der Waals surface area contributed by atoms with Gasteiger partial charge in [0.05, 0.1) is 23.7 Å². The maximum absolute atomic E-state index is 11.6. The van der Waals surface area contributed by atoms with Gasteiger partial charge in [-0.3, -0.25) is 9.59 Å². The topological polar surface area (TPSA) is 37.4 Å². The fraction of sp³-hybridized carbons (Fsp3) is 0.273. The normalized spacial score (nSPS) is 16.1. The van der Waals surface area contributed by atoms with Crippen molar-refractivity contribution < 1.29 is 9.59 Å². The number of Topliss-reactive ketones (excluding diaryl/α,β-unsaturated/α-hetero) is 1. The molecular formula is C11H9BrClNO2. The number of aryl methyl sites for hydroxylation is 1. The zero-order valence-electron chi connectivity index (χ0n) is 8.59. The molecular weight excluding hydrogens is 293 g/mol. The van der Waals surface area contributed by atoms with Crippen molar-refractivity contribution in [3.8, 4) is 0 Å². The third kappa shape index (κ3) is 1.99. The van der Waals surface area contributed by atoms with Gasteiger partial charge in [-0.05, 0) is 40.5 Å². The molecule has 3 nitrogen and oxygen atoms in total. The van der Waals surface area contributed by atoms with Gasteiger partial charge < -0.3 is 4.90 Å². The molecule has 1 aliphatic rings. The van der Waals surface area contributed by atoms with Gasteiger partial charge in [0.2, 0.25) is 5.91 Å². The van der Waals surface area contributed by atoms with Gasteiger partial charge in [0.1, 0.15) is 0 Å². The summed E-state index contributed by atoms with van der Waals surface area (Å²) in [5, 5.41) is 0.481. The first-order valence-corrected chi connectivity index (χ1v) is 5.94. The van der Waals surface area contributed by atoms with Crippen molar-refractivity contribution >= 4 is 44.9 Å². The van der Waals surface area contributed by atoms with Crippen LogP contribution in [0.5, 0.6) is 0 Å². The van der Waals surface area contributed by atoms with Crippen molar-refractivity contribution in [2.45, 2.75) is 13.3 Å². The minimum absolute atomic E-state index is 0.0311. The van der Waals surface area contributed by atoms with E-state index in [1.54, 1.807) is 6.07 Å². The van der Waals surface area contributed by atoms with Crippen molar-refractivity contribution in [2.75, 3.05) is 11.4 Å². The first-order chi connectivity index (χ1) is 7.49. The largest absolute Gasteiger partial charge is 0.302 e. The average Bonchev–Trinajstić information content (AvgIpc) is 2.43. The van der Waals surface area contributed by atoms with Crippen LogP contribution in [0.2, 0.25) is 5.02 Å². The van der Waals surface area contributed by atoms with Crippen molar-refractivity contribution in [1.82, 2.24) is 0 Å². The maximum atomic E-state index is 11.6. The summed E-state index contributed by atoms with van der Waals surface area (Å²) in [6.07, 6.45) is -0.0311. The monoisotopic (exact) mass is 301 g/mol. The predicted molar refractivity (Wildman–Crippen MR) is 65.9 cm³/mol. The fourth-order valence-electron chi connectivity index (χ4n) is 1.74. The summed E-state index contributed by atoms with van der Waals surface area (Å²) < 4.78 is 0.737. The second-order valence-electron chi connectivity index (χ2n) is 3.77. The number of nitrogens with zero attached hydrogens (tertiary/aromatic N) is 1. The van der Waals surface area contributed by atoms with Gasteiger partial charge in [-0.2, -0.15) is 0 Å². The van der Waals surface area contributed by atoms with Crippen molar-refractivity contribution in [3.05, 3.63) is 27.2 Å². The van der Waals surface area contributed by atoms with Crippen LogP contribution in [0.3, 0.4) is 0 Å². The molecule has 0 aliphatic carbocycles. The van der Waals surface area contributed by atoms with Crippen LogP contribution in [0.25, 0.3) is 0 Å². The highest BCUT2D eigenvalue weighted by Gasteiger charge is 2.31. The lowest BCUT2D eigenvalue weighted by Crippen LogP contribution is -2.25. The van der Waals surface area contributed by atoms with Crippen molar-refractivity contribution in [1.29, 1.82) is 0 Å². The lowest BCUT2D eigenvalue weighted by molar-refractivity contribution is -0.121. The van der Waals surface area contributed by atoms with Crippen molar-refractivity contribution in [2.24, 2.45) is 0 Å². The molecule has 84 valence electrons. The Morgan fingerprint density at radius 2 is 2.06 bits per heavy atom. The molecule has 2 rings (SSSR count). The molecule has 0 atom stereocenters. The predicted octanol–water partition coefficient (Wildman–Crippen LogP) is 2.72. The van der Waals surface area contributed by atoms with E-state index in [1.807, 2.05) is 13.0 Å². The van der Waals surface area contributed by atoms with E-state index in [0.717, 1.165) is 10.0 Å². The Kier molecular flexibility index (Phi) is 3.04. The van der Waals surface area contributed by atoms with E-state index in [1.165, 1.54) is 4.90 Å². The van der Waals surface area contributed by atoms with Gasteiger partial charge in [-0.25, -0.2) is 0 Å². The molecule has 0 N–H and O–H groups in total. The minimum atomic E-state index is -0.198. The molecule has 0 aromatic heterocycles. The summed E-state index contributed by atoms with van der Waals surface area (Å²) in [7, 11) is 0. The van der Waals surface area contributed by atoms with Gasteiger partial charge in [0.15, 0.2) is 5.78 Å². The smallest absolute Gasteiger partial charge is 0.234 e. The highest BCUT2D eigenvalue weighted by atomic mass is 79.9. The number of ketones is 1. The number of rotatable bonds is 1. The van der Waals surface area contributed by atoms with Crippen LogP contribution in [0, 0.1) is 6.92 Å². The SMILES string of the molecule is Cc1cc(Cl)c(N2CC(=O)CC2=O)c(Br)c1. The number of amides is 1. The minimum Gasteiger partial charge on any atom is -0.302 e. The third-order valence-electron chi connectivity index (χ3n) is 2.42. The molecule has 0 bridgehead atoms. The summed E-state index contributed by atoms with van der Waals surface area (Å²) in [5.74, 6) is -0.273. The molecule has 1 heterocycles. The van der Waals surface area contributed by atoms with Crippen LogP contribution in [-0.2, 0) is 9.59 Å². The first-order valence-electron chi connectivity index (χ1n) is 4.77. The molecule has 5 heteroatoms. The van der Waals surface area contributed by atoms with Crippen LogP contribution in [0.4, 0.5) is 5.69 Å². The Labute approximate surface area is 107 Å². The van der Waals surface area contributed by atoms with Crippen LogP contribution < -0.4 is 4.90 Å². The second-order valence-corrected chi connectivity index (χ2v) is 5.03. The van der Waals surface area contributed by atoms with Gasteiger partial charge in [-0.15, -0.1) is 0 Å². The maximum Gasteiger partial charge on any atom is 0.234 e. The molecule has 1 aromatic carbocycles. The van der Waals surface area contributed by atoms with Gasteiger partial charge in [0.25, 0.3) is 0 Å². The summed E-state index contributed by atoms with van der Waals surface area (Å²) in [6, 6.07) is 3.65. The number of hydrogen-bond donors (Lipinski definition) is 0. The number of benzene rings is 1. The number of carbonyl (C=O) groups excluding carboxylic acids is 2. The van der Waals surface area contributed by atoms with Gasteiger partial charge in [0, 0.05) is 4.47 Å². The summed E-state index contributed by atoms with van der Waals surface area (Å²) in [6.45, 7) is 2.03. The van der Waals surface area contributed by atoms with Crippen LogP contribution in [-0.4, -0.2) is 18.2 Å². The molecule has 1 amide bonds. The Bertz CT molecular complexity index is 464. The third-order valence-corrected chi connectivity index (χ3v) is 3.31. The Hall–Kier alpha value is -0.870. The quantitative estimate of drug-likeness (QED) is 0.748. The van der Waals surface area contributed by atoms with Crippen LogP contribution in [0.1, 0.15) is 12.0 Å². The fourth-order valence-corrected chi connectivity index (χ4v) is 3.02. The molecule has 0 spiro atoms. The number of carbonyl (C=O) groups is 2. The van der Waals surface area contributed by atoms with E-state index in [0.29, 0.717) is 10.7 Å². The summed E-state index contributed by atoms with van der Waals surface area (Å²) >= 11 is 9.46. The Morgan fingerprint density at radius 3 is 2.56 bits per heavy atom. The molecule has 1 aromatic rings. The number of anilines is 1. The van der Waals surface area contributed by atoms with E-state index < -0.39 is 0 Å². The van der Waals surface area contributed by atoms with E-state index in [-0.39, 0.29) is 24.7 Å². The standard InChI is InChI=1S/C11H9BrClNO2/c1-6-2-8(12)11(9(13)3-6)14-5-7(15)4-10(14)16/h2-3H,4-5H2,1H3. The highest BCUT2D eigenvalue weighted by Crippen LogP contribution is 2.36. The van der Waals surface area contributed by atoms with Gasteiger partial charge >= 0.3 is 0 Å². The first kappa shape index (κ1) is 11.6. The molecule has 1 saturated heterocycles. The molecule has 0 radical (unpaired) electrons. The van der Waals surface area contributed by atoms with Crippen molar-refractivity contribution in [3.63, 3.8) is 0 Å². The van der Waals surface area contributed by atoms with Crippen LogP contribution >= 0.6 is 27.5 Å². The molecule has 16 heavy (non-hydrogen) atoms. The van der Waals surface area contributed by atoms with Gasteiger partial charge in [-0.1, -0.05) is 11.6 Å². The second kappa shape index (κ2) is 4.18. The zero-order valence-corrected chi connectivity index (χ0v) is 10.9. The summed E-state index contributed by atoms with van der Waals surface area (Å²) in [4.78, 5) is 24.2. The Morgan fingerprint density at radius 1 is 1.38 bits per heavy atom. The van der Waals surface area contributed by atoms with E-state index in [9.17, 15) is 9.59 Å². The zero-order chi connectivity index (χ0) is 11.9. The van der Waals surface area contributed by atoms with E-state index >= 15 is 0 Å². The van der Waals surface area contributed by atoms with Crippen LogP contribution in [0.15, 0.2) is 16.6 Å². The lowest BCUT2D eigenvalue weighted by Gasteiger charge is -2.18. The molecule has 1 aliphatic heterocycles. The lowest BCUT2D eigenvalue weighted by atomic mass is 10.2. The molecule has 0 unspecified atom stereocenters. The molecule has 1 fully saturated rings. The Balaban J connectivity index is 2.48. The average molecular weight is 303 g/mol. The van der Waals surface area contributed by atoms with E-state index in [4.69, 9.17) is 11.6 Å². The number of hydrogen-bond acceptors (Lipinski definition) is 2. The highest BCUT2D eigenvalue weighted by molar-refractivity contribution is 9.10. The molecule has 0 saturated carbocycles. The number of halogens is 2. The summed E-state index contributed by atoms with van der Waals surface area (Å²) in [5.41, 5.74) is 1.58. The van der Waals surface area contributed by atoms with E-state index in [2.05, 4.69) is 15.9 Å².